The Labute approximate surface area is 92.2 Å². The minimum atomic E-state index is 1.07. The fraction of sp³-hybridized carbons (Fsp3) is 0.125. The van der Waals surface area contributed by atoms with Crippen molar-refractivity contribution in [1.82, 2.24) is 9.78 Å². The molecule has 0 saturated carbocycles. The zero-order valence-corrected chi connectivity index (χ0v) is 10.1. The number of hydrogen-bond acceptors (Lipinski definition) is 1. The third kappa shape index (κ3) is 1.37. The van der Waals surface area contributed by atoms with E-state index in [4.69, 9.17) is 0 Å². The lowest BCUT2D eigenvalue weighted by Crippen LogP contribution is -1.85. The van der Waals surface area contributed by atoms with Gasteiger partial charge >= 0.3 is 0 Å². The summed E-state index contributed by atoms with van der Waals surface area (Å²) in [7, 11) is 1.93. The molecule has 0 spiro atoms. The van der Waals surface area contributed by atoms with E-state index >= 15 is 0 Å². The second kappa shape index (κ2) is 2.99. The highest BCUT2D eigenvalue weighted by atomic mass is 127. The number of rotatable bonds is 0. The molecule has 0 fully saturated rings. The molecule has 0 aliphatic carbocycles. The molecule has 1 aromatic carbocycles. The van der Waals surface area contributed by atoms with Crippen LogP contribution in [0.1, 0.15) is 0 Å². The van der Waals surface area contributed by atoms with Crippen LogP contribution in [0.3, 0.4) is 0 Å². The first kappa shape index (κ1) is 8.50. The third-order valence-electron chi connectivity index (χ3n) is 1.64. The second-order valence-corrected chi connectivity index (χ2v) is 4.71. The largest absolute Gasteiger partial charge is 0.275 e. The molecule has 0 unspecified atom stereocenters. The Bertz CT molecular complexity index is 436. The van der Waals surface area contributed by atoms with Crippen LogP contribution < -0.4 is 0 Å². The van der Waals surface area contributed by atoms with Crippen molar-refractivity contribution in [3.63, 3.8) is 0 Å². The fourth-order valence-corrected chi connectivity index (χ4v) is 2.84. The minimum absolute atomic E-state index is 1.07. The van der Waals surface area contributed by atoms with Crippen LogP contribution in [-0.4, -0.2) is 9.78 Å². The van der Waals surface area contributed by atoms with E-state index in [1.54, 1.807) is 0 Å². The van der Waals surface area contributed by atoms with Gasteiger partial charge in [-0.05, 0) is 34.7 Å². The standard InChI is InChI=1S/C8H6BrIN2/c1-12-4-5-2-6(9)3-7(10)8(5)11-12/h2-4H,1H3. The smallest absolute Gasteiger partial charge is 0.106 e. The lowest BCUT2D eigenvalue weighted by Gasteiger charge is -1.92. The van der Waals surface area contributed by atoms with Gasteiger partial charge in [0.25, 0.3) is 0 Å². The highest BCUT2D eigenvalue weighted by Gasteiger charge is 2.03. The number of nitrogens with zero attached hydrogens (tertiary/aromatic N) is 2. The fourth-order valence-electron chi connectivity index (χ4n) is 1.18. The lowest BCUT2D eigenvalue weighted by atomic mass is 10.3. The molecule has 1 heterocycles. The van der Waals surface area contributed by atoms with Crippen molar-refractivity contribution in [3.8, 4) is 0 Å². The minimum Gasteiger partial charge on any atom is -0.275 e. The molecule has 62 valence electrons. The summed E-state index contributed by atoms with van der Waals surface area (Å²) in [6, 6.07) is 4.14. The predicted octanol–water partition coefficient (Wildman–Crippen LogP) is 2.94. The molecule has 0 radical (unpaired) electrons. The van der Waals surface area contributed by atoms with E-state index in [9.17, 15) is 0 Å². The van der Waals surface area contributed by atoms with Crippen LogP contribution in [0.2, 0.25) is 0 Å². The van der Waals surface area contributed by atoms with Crippen LogP contribution in [0, 0.1) is 3.57 Å². The first-order valence-corrected chi connectivity index (χ1v) is 5.32. The van der Waals surface area contributed by atoms with Gasteiger partial charge in [0.1, 0.15) is 5.52 Å². The van der Waals surface area contributed by atoms with Gasteiger partial charge in [0.15, 0.2) is 0 Å². The van der Waals surface area contributed by atoms with E-state index in [1.165, 1.54) is 8.96 Å². The summed E-state index contributed by atoms with van der Waals surface area (Å²) in [5.74, 6) is 0. The summed E-state index contributed by atoms with van der Waals surface area (Å²) in [5, 5.41) is 5.52. The number of benzene rings is 1. The molecule has 2 rings (SSSR count). The molecule has 0 bridgehead atoms. The van der Waals surface area contributed by atoms with Gasteiger partial charge in [-0.1, -0.05) is 15.9 Å². The number of halogens is 2. The SMILES string of the molecule is Cn1cc2cc(Br)cc(I)c2n1. The van der Waals surface area contributed by atoms with Gasteiger partial charge in [-0.3, -0.25) is 4.68 Å². The Balaban J connectivity index is 2.88. The Kier molecular flexibility index (Phi) is 2.12. The topological polar surface area (TPSA) is 17.8 Å². The lowest BCUT2D eigenvalue weighted by molar-refractivity contribution is 0.779. The molecular weight excluding hydrogens is 331 g/mol. The average molecular weight is 337 g/mol. The molecule has 4 heteroatoms. The highest BCUT2D eigenvalue weighted by Crippen LogP contribution is 2.23. The van der Waals surface area contributed by atoms with E-state index in [0.29, 0.717) is 0 Å². The number of fused-ring (bicyclic) bond motifs is 1. The van der Waals surface area contributed by atoms with E-state index < -0.39 is 0 Å². The Hall–Kier alpha value is -0.100. The molecule has 0 saturated heterocycles. The Morgan fingerprint density at radius 3 is 3.00 bits per heavy atom. The van der Waals surface area contributed by atoms with Crippen molar-refractivity contribution in [2.75, 3.05) is 0 Å². The van der Waals surface area contributed by atoms with Crippen molar-refractivity contribution in [1.29, 1.82) is 0 Å². The van der Waals surface area contributed by atoms with Gasteiger partial charge in [0.2, 0.25) is 0 Å². The molecule has 0 amide bonds. The molecule has 0 aliphatic heterocycles. The van der Waals surface area contributed by atoms with Gasteiger partial charge in [-0.2, -0.15) is 5.10 Å². The maximum Gasteiger partial charge on any atom is 0.106 e. The molecule has 0 atom stereocenters. The van der Waals surface area contributed by atoms with Gasteiger partial charge in [-0.25, -0.2) is 0 Å². The zero-order chi connectivity index (χ0) is 8.72. The summed E-state index contributed by atoms with van der Waals surface area (Å²) in [6.07, 6.45) is 2.02. The van der Waals surface area contributed by atoms with Crippen molar-refractivity contribution < 1.29 is 0 Å². The highest BCUT2D eigenvalue weighted by molar-refractivity contribution is 14.1. The molecule has 1 aromatic heterocycles. The molecule has 12 heavy (non-hydrogen) atoms. The van der Waals surface area contributed by atoms with Crippen molar-refractivity contribution in [2.24, 2.45) is 7.05 Å². The summed E-state index contributed by atoms with van der Waals surface area (Å²) >= 11 is 5.74. The normalized spacial score (nSPS) is 10.9. The van der Waals surface area contributed by atoms with E-state index in [0.717, 1.165) is 9.99 Å². The van der Waals surface area contributed by atoms with E-state index in [1.807, 2.05) is 17.9 Å². The molecule has 2 aromatic rings. The molecule has 0 N–H and O–H groups in total. The van der Waals surface area contributed by atoms with Crippen LogP contribution in [0.15, 0.2) is 22.8 Å². The summed E-state index contributed by atoms with van der Waals surface area (Å²) in [5.41, 5.74) is 1.07. The zero-order valence-electron chi connectivity index (χ0n) is 6.38. The van der Waals surface area contributed by atoms with Crippen molar-refractivity contribution in [2.45, 2.75) is 0 Å². The van der Waals surface area contributed by atoms with Crippen LogP contribution >= 0.6 is 38.5 Å². The van der Waals surface area contributed by atoms with Gasteiger partial charge in [0, 0.05) is 26.7 Å². The number of aryl methyl sites for hydroxylation is 1. The second-order valence-electron chi connectivity index (χ2n) is 2.63. The maximum absolute atomic E-state index is 4.34. The molecule has 2 nitrogen and oxygen atoms in total. The van der Waals surface area contributed by atoms with Gasteiger partial charge in [-0.15, -0.1) is 0 Å². The van der Waals surface area contributed by atoms with Crippen LogP contribution in [0.4, 0.5) is 0 Å². The first-order valence-electron chi connectivity index (χ1n) is 3.45. The van der Waals surface area contributed by atoms with Crippen molar-refractivity contribution in [3.05, 3.63) is 26.4 Å². The van der Waals surface area contributed by atoms with Crippen LogP contribution in [0.25, 0.3) is 10.9 Å². The maximum atomic E-state index is 4.34. The Morgan fingerprint density at radius 1 is 1.50 bits per heavy atom. The van der Waals surface area contributed by atoms with E-state index in [2.05, 4.69) is 55.8 Å². The summed E-state index contributed by atoms with van der Waals surface area (Å²) < 4.78 is 4.11. The monoisotopic (exact) mass is 336 g/mol. The predicted molar refractivity (Wildman–Crippen MR) is 61.1 cm³/mol. The Morgan fingerprint density at radius 2 is 2.25 bits per heavy atom. The third-order valence-corrected chi connectivity index (χ3v) is 2.92. The number of hydrogen-bond donors (Lipinski definition) is 0. The quantitative estimate of drug-likeness (QED) is 0.676. The average Bonchev–Trinajstić information content (AvgIpc) is 2.29. The van der Waals surface area contributed by atoms with Gasteiger partial charge < -0.3 is 0 Å². The summed E-state index contributed by atoms with van der Waals surface area (Å²) in [6.45, 7) is 0. The van der Waals surface area contributed by atoms with Crippen LogP contribution in [0.5, 0.6) is 0 Å². The molecule has 0 aliphatic rings. The summed E-state index contributed by atoms with van der Waals surface area (Å²) in [4.78, 5) is 0. The molecular formula is C8H6BrIN2. The van der Waals surface area contributed by atoms with Crippen molar-refractivity contribution >= 4 is 49.4 Å². The van der Waals surface area contributed by atoms with Crippen LogP contribution in [-0.2, 0) is 7.05 Å². The van der Waals surface area contributed by atoms with E-state index in [-0.39, 0.29) is 0 Å². The van der Waals surface area contributed by atoms with Gasteiger partial charge in [0.05, 0.1) is 0 Å². The number of aromatic nitrogens is 2. The first-order chi connectivity index (χ1) is 5.66.